The molecule has 48 heavy (non-hydrogen) atoms. The van der Waals surface area contributed by atoms with Gasteiger partial charge in [-0.3, -0.25) is 14.9 Å². The molecule has 2 aromatic rings. The zero-order valence-electron chi connectivity index (χ0n) is 27.3. The highest BCUT2D eigenvalue weighted by atomic mass is 35.5. The van der Waals surface area contributed by atoms with Gasteiger partial charge in [-0.2, -0.15) is 0 Å². The first kappa shape index (κ1) is 37.9. The van der Waals surface area contributed by atoms with Crippen LogP contribution >= 0.6 is 23.5 Å². The smallest absolute Gasteiger partial charge is 0.326 e. The molecule has 1 saturated heterocycles. The van der Waals surface area contributed by atoms with Gasteiger partial charge in [0.15, 0.2) is 0 Å². The number of likely N-dealkylation sites (tertiary alicyclic amines) is 1. The highest BCUT2D eigenvalue weighted by Crippen LogP contribution is 2.37. The van der Waals surface area contributed by atoms with Crippen molar-refractivity contribution in [1.29, 1.82) is 0 Å². The van der Waals surface area contributed by atoms with Crippen molar-refractivity contribution in [2.75, 3.05) is 25.1 Å². The van der Waals surface area contributed by atoms with Crippen LogP contribution in [0.1, 0.15) is 64.0 Å². The molecule has 2 heterocycles. The van der Waals surface area contributed by atoms with Crippen LogP contribution in [0.5, 0.6) is 0 Å². The Morgan fingerprint density at radius 3 is 2.58 bits per heavy atom. The van der Waals surface area contributed by atoms with Crippen molar-refractivity contribution in [3.05, 3.63) is 52.5 Å². The summed E-state index contributed by atoms with van der Waals surface area (Å²) in [7, 11) is -3.91. The fraction of sp³-hybridized carbons (Fsp3) is 0.531. The Morgan fingerprint density at radius 1 is 1.17 bits per heavy atom. The number of anilines is 1. The Balaban J connectivity index is 1.29. The average molecular weight is 726 g/mol. The standard InChI is InChI=1S/C32H44ClN5O8S2/c1-4-6-9-29-36-24-15-23(33)28(16-27(24)47-37-29)48(43,44)34-17-21-10-12-22(13-11-21)18-45-19-25(32(42)46-5-2)35-20(3)30(39)38-14-7-8-26(38)31(40)41/h10-13,15-16,20,25-26,29,34-37H,4-9,14,17-19H2,1-3H3,(H,40,41)/t20-,25-,26-,29?/m0/s1. The third-order valence-electron chi connectivity index (χ3n) is 8.07. The van der Waals surface area contributed by atoms with Crippen LogP contribution in [0.2, 0.25) is 5.02 Å². The predicted octanol–water partition coefficient (Wildman–Crippen LogP) is 3.86. The summed E-state index contributed by atoms with van der Waals surface area (Å²) in [6.07, 6.45) is 4.15. The van der Waals surface area contributed by atoms with Gasteiger partial charge in [0.05, 0.1) is 42.7 Å². The van der Waals surface area contributed by atoms with E-state index in [4.69, 9.17) is 21.1 Å². The van der Waals surface area contributed by atoms with E-state index >= 15 is 0 Å². The first-order valence-corrected chi connectivity index (χ1v) is 18.7. The third kappa shape index (κ3) is 10.1. The number of nitrogens with one attached hydrogen (secondary N) is 4. The average Bonchev–Trinajstić information content (AvgIpc) is 3.56. The molecule has 13 nitrogen and oxygen atoms in total. The maximum absolute atomic E-state index is 13.2. The summed E-state index contributed by atoms with van der Waals surface area (Å²) in [6.45, 7) is 5.96. The Hall–Kier alpha value is -2.92. The number of hydrogen-bond acceptors (Lipinski definition) is 11. The van der Waals surface area contributed by atoms with E-state index in [1.54, 1.807) is 50.2 Å². The lowest BCUT2D eigenvalue weighted by atomic mass is 10.1. The number of aliphatic carboxylic acids is 1. The van der Waals surface area contributed by atoms with Crippen LogP contribution in [-0.4, -0.2) is 80.3 Å². The number of esters is 1. The summed E-state index contributed by atoms with van der Waals surface area (Å²) >= 11 is 7.80. The van der Waals surface area contributed by atoms with E-state index in [1.807, 2.05) is 0 Å². The number of fused-ring (bicyclic) bond motifs is 1. The minimum absolute atomic E-state index is 0.000963. The molecular formula is C32H44ClN5O8S2. The number of nitrogens with zero attached hydrogens (tertiary/aromatic N) is 1. The van der Waals surface area contributed by atoms with E-state index < -0.39 is 46.0 Å². The summed E-state index contributed by atoms with van der Waals surface area (Å²) in [5, 5.41) is 15.9. The molecule has 5 N–H and O–H groups in total. The van der Waals surface area contributed by atoms with Crippen molar-refractivity contribution < 1.29 is 37.4 Å². The van der Waals surface area contributed by atoms with Gasteiger partial charge in [-0.25, -0.2) is 22.7 Å². The molecule has 2 aromatic carbocycles. The van der Waals surface area contributed by atoms with Crippen molar-refractivity contribution in [3.63, 3.8) is 0 Å². The predicted molar refractivity (Wildman–Crippen MR) is 183 cm³/mol. The Kier molecular flexibility index (Phi) is 13.9. The molecule has 0 bridgehead atoms. The molecule has 16 heteroatoms. The molecule has 0 spiro atoms. The quantitative estimate of drug-likeness (QED) is 0.118. The fourth-order valence-corrected chi connectivity index (χ4v) is 7.96. The SMILES string of the molecule is CCCCC1NSc2cc(S(=O)(=O)NCc3ccc(COC[C@H](N[C@@H](C)C(=O)N4CCC[C@H]4C(=O)O)C(=O)OCC)cc3)c(Cl)cc2N1. The van der Waals surface area contributed by atoms with Gasteiger partial charge in [-0.05, 0) is 68.3 Å². The molecule has 1 amide bonds. The molecule has 1 unspecified atom stereocenters. The number of sulfonamides is 1. The van der Waals surface area contributed by atoms with Crippen LogP contribution < -0.4 is 20.1 Å². The van der Waals surface area contributed by atoms with Gasteiger partial charge in [0.1, 0.15) is 17.0 Å². The molecule has 0 radical (unpaired) electrons. The maximum atomic E-state index is 13.2. The highest BCUT2D eigenvalue weighted by Gasteiger charge is 2.37. The van der Waals surface area contributed by atoms with Crippen LogP contribution in [-0.2, 0) is 47.0 Å². The number of ether oxygens (including phenoxy) is 2. The van der Waals surface area contributed by atoms with Gasteiger partial charge < -0.3 is 24.8 Å². The minimum Gasteiger partial charge on any atom is -0.480 e. The van der Waals surface area contributed by atoms with Crippen molar-refractivity contribution in [1.82, 2.24) is 19.7 Å². The number of benzene rings is 2. The number of carbonyl (C=O) groups excluding carboxylic acids is 2. The van der Waals surface area contributed by atoms with Crippen molar-refractivity contribution in [2.45, 2.75) is 100 Å². The van der Waals surface area contributed by atoms with Crippen LogP contribution in [0, 0.1) is 0 Å². The zero-order chi connectivity index (χ0) is 34.8. The second-order valence-corrected chi connectivity index (χ2v) is 14.7. The lowest BCUT2D eigenvalue weighted by Crippen LogP contribution is -2.54. The molecule has 4 atom stereocenters. The second kappa shape index (κ2) is 17.7. The first-order valence-electron chi connectivity index (χ1n) is 16.1. The van der Waals surface area contributed by atoms with E-state index in [0.717, 1.165) is 35.4 Å². The summed E-state index contributed by atoms with van der Waals surface area (Å²) in [6, 6.07) is 7.66. The van der Waals surface area contributed by atoms with E-state index in [0.29, 0.717) is 24.9 Å². The van der Waals surface area contributed by atoms with Gasteiger partial charge >= 0.3 is 11.9 Å². The van der Waals surface area contributed by atoms with Crippen molar-refractivity contribution >= 4 is 57.1 Å². The fourth-order valence-electron chi connectivity index (χ4n) is 5.47. The summed E-state index contributed by atoms with van der Waals surface area (Å²) in [5.41, 5.74) is 2.29. The van der Waals surface area contributed by atoms with Gasteiger partial charge in [0.25, 0.3) is 0 Å². The third-order valence-corrected chi connectivity index (χ3v) is 10.9. The van der Waals surface area contributed by atoms with Crippen LogP contribution in [0.4, 0.5) is 5.69 Å². The van der Waals surface area contributed by atoms with Crippen LogP contribution in [0.25, 0.3) is 0 Å². The first-order chi connectivity index (χ1) is 22.9. The van der Waals surface area contributed by atoms with Crippen molar-refractivity contribution in [3.8, 4) is 0 Å². The largest absolute Gasteiger partial charge is 0.480 e. The summed E-state index contributed by atoms with van der Waals surface area (Å²) in [4.78, 5) is 39.2. The van der Waals surface area contributed by atoms with Gasteiger partial charge in [-0.1, -0.05) is 55.6 Å². The molecule has 2 aliphatic rings. The van der Waals surface area contributed by atoms with Crippen LogP contribution in [0.15, 0.2) is 46.2 Å². The van der Waals surface area contributed by atoms with E-state index in [1.165, 1.54) is 16.8 Å². The molecule has 0 aliphatic carbocycles. The Morgan fingerprint density at radius 2 is 1.90 bits per heavy atom. The summed E-state index contributed by atoms with van der Waals surface area (Å²) < 4.78 is 43.2. The van der Waals surface area contributed by atoms with Crippen molar-refractivity contribution in [2.24, 2.45) is 0 Å². The number of halogens is 1. The minimum atomic E-state index is -3.91. The molecule has 2 aliphatic heterocycles. The van der Waals surface area contributed by atoms with Gasteiger partial charge in [0.2, 0.25) is 15.9 Å². The van der Waals surface area contributed by atoms with Crippen LogP contribution in [0.3, 0.4) is 0 Å². The van der Waals surface area contributed by atoms with E-state index in [2.05, 4.69) is 27.0 Å². The molecule has 1 fully saturated rings. The normalized spacial score (nSPS) is 18.9. The van der Waals surface area contributed by atoms with Gasteiger partial charge in [-0.15, -0.1) is 0 Å². The Bertz CT molecular complexity index is 1550. The zero-order valence-corrected chi connectivity index (χ0v) is 29.7. The molecule has 264 valence electrons. The molecule has 4 rings (SSSR count). The molecule has 0 aromatic heterocycles. The Labute approximate surface area is 291 Å². The monoisotopic (exact) mass is 725 g/mol. The number of hydrogen-bond donors (Lipinski definition) is 5. The lowest BCUT2D eigenvalue weighted by molar-refractivity contribution is -0.151. The highest BCUT2D eigenvalue weighted by molar-refractivity contribution is 7.97. The number of carbonyl (C=O) groups is 3. The van der Waals surface area contributed by atoms with Gasteiger partial charge in [0, 0.05) is 18.0 Å². The molecule has 0 saturated carbocycles. The number of amides is 1. The number of carboxylic acid groups (broad SMARTS) is 1. The lowest BCUT2D eigenvalue weighted by Gasteiger charge is -2.28. The number of rotatable bonds is 17. The topological polar surface area (TPSA) is 175 Å². The van der Waals surface area contributed by atoms with E-state index in [-0.39, 0.29) is 42.4 Å². The number of unbranched alkanes of at least 4 members (excludes halogenated alkanes) is 1. The molecular weight excluding hydrogens is 682 g/mol. The van der Waals surface area contributed by atoms with E-state index in [9.17, 15) is 27.9 Å². The summed E-state index contributed by atoms with van der Waals surface area (Å²) in [5.74, 6) is -2.04. The second-order valence-electron chi connectivity index (χ2n) is 11.7. The number of carboxylic acids is 1. The maximum Gasteiger partial charge on any atom is 0.326 e.